The molecule has 1 atom stereocenters. The van der Waals surface area contributed by atoms with Gasteiger partial charge in [-0.05, 0) is 31.5 Å². The van der Waals surface area contributed by atoms with Gasteiger partial charge in [0.25, 0.3) is 0 Å². The van der Waals surface area contributed by atoms with E-state index in [0.717, 1.165) is 19.6 Å². The van der Waals surface area contributed by atoms with Crippen LogP contribution in [0.2, 0.25) is 0 Å². The lowest BCUT2D eigenvalue weighted by molar-refractivity contribution is -0.118. The average Bonchev–Trinajstić information content (AvgIpc) is 2.59. The second-order valence-electron chi connectivity index (χ2n) is 6.64. The Morgan fingerprint density at radius 3 is 2.59 bits per heavy atom. The summed E-state index contributed by atoms with van der Waals surface area (Å²) in [6, 6.07) is 5.34. The minimum absolute atomic E-state index is 0. The molecule has 1 heterocycles. The van der Waals surface area contributed by atoms with Crippen LogP contribution in [-0.2, 0) is 14.8 Å². The van der Waals surface area contributed by atoms with Gasteiger partial charge in [-0.3, -0.25) is 9.69 Å². The summed E-state index contributed by atoms with van der Waals surface area (Å²) in [5.74, 6) is -0.131. The first-order valence-electron chi connectivity index (χ1n) is 9.15. The van der Waals surface area contributed by atoms with E-state index < -0.39 is 10.0 Å². The van der Waals surface area contributed by atoms with Crippen molar-refractivity contribution in [3.63, 3.8) is 0 Å². The summed E-state index contributed by atoms with van der Waals surface area (Å²) < 4.78 is 27.0. The normalized spacial score (nSPS) is 18.2. The fourth-order valence-corrected chi connectivity index (χ4v) is 4.87. The second-order valence-corrected chi connectivity index (χ2v) is 8.55. The van der Waals surface area contributed by atoms with E-state index >= 15 is 0 Å². The summed E-state index contributed by atoms with van der Waals surface area (Å²) in [5, 5.41) is 6.14. The highest BCUT2D eigenvalue weighted by Gasteiger charge is 2.24. The lowest BCUT2D eigenvalue weighted by Crippen LogP contribution is -2.51. The van der Waals surface area contributed by atoms with Gasteiger partial charge in [-0.25, -0.2) is 8.42 Å². The van der Waals surface area contributed by atoms with Crippen LogP contribution in [0.3, 0.4) is 0 Å². The van der Waals surface area contributed by atoms with E-state index in [2.05, 4.69) is 22.5 Å². The standard InChI is InChI=1S/C18H30N4O3S.ClH/c1-5-22(6-2)26(24,25)17-11-16(8-7-14(17)3)20-18(23)13-21-10-9-19-12-15(21)4;/h7-8,11,15,19H,5-6,9-10,12-13H2,1-4H3,(H,20,23);1H/t15-;/m0./s1. The fourth-order valence-electron chi connectivity index (χ4n) is 3.16. The predicted octanol–water partition coefficient (Wildman–Crippen LogP) is 1.68. The Morgan fingerprint density at radius 1 is 1.33 bits per heavy atom. The number of piperazine rings is 1. The number of carbonyl (C=O) groups is 1. The third-order valence-electron chi connectivity index (χ3n) is 4.78. The molecule has 0 aromatic heterocycles. The molecule has 2 rings (SSSR count). The van der Waals surface area contributed by atoms with Crippen LogP contribution < -0.4 is 10.6 Å². The smallest absolute Gasteiger partial charge is 0.243 e. The molecule has 1 saturated heterocycles. The van der Waals surface area contributed by atoms with Crippen LogP contribution in [0.15, 0.2) is 23.1 Å². The lowest BCUT2D eigenvalue weighted by Gasteiger charge is -2.33. The molecule has 0 radical (unpaired) electrons. The number of nitrogens with one attached hydrogen (secondary N) is 2. The van der Waals surface area contributed by atoms with Gasteiger partial charge in [-0.2, -0.15) is 4.31 Å². The Kier molecular flexibility index (Phi) is 9.17. The Bertz CT molecular complexity index is 738. The molecular formula is C18H31ClN4O3S. The van der Waals surface area contributed by atoms with Gasteiger partial charge in [-0.1, -0.05) is 19.9 Å². The van der Waals surface area contributed by atoms with E-state index in [1.165, 1.54) is 4.31 Å². The Morgan fingerprint density at radius 2 is 2.00 bits per heavy atom. The summed E-state index contributed by atoms with van der Waals surface area (Å²) in [6.45, 7) is 11.2. The molecule has 9 heteroatoms. The van der Waals surface area contributed by atoms with Crippen LogP contribution >= 0.6 is 12.4 Å². The first-order chi connectivity index (χ1) is 12.3. The maximum atomic E-state index is 12.8. The number of aryl methyl sites for hydroxylation is 1. The van der Waals surface area contributed by atoms with Gasteiger partial charge in [0, 0.05) is 44.5 Å². The largest absolute Gasteiger partial charge is 0.325 e. The highest BCUT2D eigenvalue weighted by atomic mass is 35.5. The molecule has 27 heavy (non-hydrogen) atoms. The molecule has 1 aromatic carbocycles. The fraction of sp³-hybridized carbons (Fsp3) is 0.611. The maximum absolute atomic E-state index is 12.8. The highest BCUT2D eigenvalue weighted by Crippen LogP contribution is 2.23. The second kappa shape index (κ2) is 10.4. The van der Waals surface area contributed by atoms with Crippen LogP contribution in [0.5, 0.6) is 0 Å². The minimum Gasteiger partial charge on any atom is -0.325 e. The van der Waals surface area contributed by atoms with E-state index in [1.807, 2.05) is 13.8 Å². The van der Waals surface area contributed by atoms with Gasteiger partial charge in [0.15, 0.2) is 0 Å². The average molecular weight is 419 g/mol. The van der Waals surface area contributed by atoms with Gasteiger partial charge in [-0.15, -0.1) is 12.4 Å². The molecule has 1 fully saturated rings. The Hall–Kier alpha value is -1.19. The van der Waals surface area contributed by atoms with Crippen molar-refractivity contribution >= 4 is 34.0 Å². The highest BCUT2D eigenvalue weighted by molar-refractivity contribution is 7.89. The Labute approximate surface area is 168 Å². The minimum atomic E-state index is -3.56. The van der Waals surface area contributed by atoms with Crippen molar-refractivity contribution < 1.29 is 13.2 Å². The summed E-state index contributed by atoms with van der Waals surface area (Å²) in [5.41, 5.74) is 1.18. The third kappa shape index (κ3) is 5.89. The van der Waals surface area contributed by atoms with Crippen molar-refractivity contribution in [2.75, 3.05) is 44.6 Å². The van der Waals surface area contributed by atoms with Crippen LogP contribution in [-0.4, -0.2) is 68.8 Å². The van der Waals surface area contributed by atoms with Crippen LogP contribution in [0, 0.1) is 6.92 Å². The molecule has 0 unspecified atom stereocenters. The summed E-state index contributed by atoms with van der Waals surface area (Å²) >= 11 is 0. The number of amides is 1. The number of hydrogen-bond donors (Lipinski definition) is 2. The van der Waals surface area contributed by atoms with Crippen molar-refractivity contribution in [1.82, 2.24) is 14.5 Å². The zero-order valence-electron chi connectivity index (χ0n) is 16.5. The molecule has 0 saturated carbocycles. The van der Waals surface area contributed by atoms with Crippen LogP contribution in [0.25, 0.3) is 0 Å². The van der Waals surface area contributed by atoms with Crippen molar-refractivity contribution in [1.29, 1.82) is 0 Å². The topological polar surface area (TPSA) is 81.8 Å². The molecule has 1 aromatic rings. The monoisotopic (exact) mass is 418 g/mol. The number of halogens is 1. The molecule has 1 aliphatic heterocycles. The van der Waals surface area contributed by atoms with Crippen molar-refractivity contribution in [3.8, 4) is 0 Å². The lowest BCUT2D eigenvalue weighted by atomic mass is 10.2. The molecule has 7 nitrogen and oxygen atoms in total. The Balaban J connectivity index is 0.00000364. The van der Waals surface area contributed by atoms with Crippen LogP contribution in [0.4, 0.5) is 5.69 Å². The summed E-state index contributed by atoms with van der Waals surface area (Å²) in [4.78, 5) is 14.7. The number of benzene rings is 1. The number of sulfonamides is 1. The number of hydrogen-bond acceptors (Lipinski definition) is 5. The zero-order chi connectivity index (χ0) is 19.3. The van der Waals surface area contributed by atoms with Gasteiger partial charge in [0.05, 0.1) is 11.4 Å². The van der Waals surface area contributed by atoms with Gasteiger partial charge in [0.2, 0.25) is 15.9 Å². The molecule has 1 amide bonds. The zero-order valence-corrected chi connectivity index (χ0v) is 18.1. The number of carbonyl (C=O) groups excluding carboxylic acids is 1. The molecule has 154 valence electrons. The SMILES string of the molecule is CCN(CC)S(=O)(=O)c1cc(NC(=O)CN2CCNC[C@@H]2C)ccc1C.Cl. The first-order valence-corrected chi connectivity index (χ1v) is 10.6. The molecule has 1 aliphatic rings. The first kappa shape index (κ1) is 23.8. The molecule has 0 spiro atoms. The van der Waals surface area contributed by atoms with Gasteiger partial charge >= 0.3 is 0 Å². The van der Waals surface area contributed by atoms with E-state index in [9.17, 15) is 13.2 Å². The molecule has 2 N–H and O–H groups in total. The summed E-state index contributed by atoms with van der Waals surface area (Å²) in [6.07, 6.45) is 0. The quantitative estimate of drug-likeness (QED) is 0.704. The maximum Gasteiger partial charge on any atom is 0.243 e. The van der Waals surface area contributed by atoms with E-state index in [4.69, 9.17) is 0 Å². The van der Waals surface area contributed by atoms with E-state index in [-0.39, 0.29) is 23.2 Å². The number of anilines is 1. The molecule has 0 bridgehead atoms. The van der Waals surface area contributed by atoms with Crippen molar-refractivity contribution in [3.05, 3.63) is 23.8 Å². The molecular weight excluding hydrogens is 388 g/mol. The van der Waals surface area contributed by atoms with Gasteiger partial charge < -0.3 is 10.6 Å². The number of rotatable bonds is 7. The van der Waals surface area contributed by atoms with E-state index in [1.54, 1.807) is 25.1 Å². The van der Waals surface area contributed by atoms with Crippen molar-refractivity contribution in [2.45, 2.75) is 38.6 Å². The van der Waals surface area contributed by atoms with Gasteiger partial charge in [0.1, 0.15) is 0 Å². The third-order valence-corrected chi connectivity index (χ3v) is 6.97. The van der Waals surface area contributed by atoms with E-state index in [0.29, 0.717) is 36.9 Å². The summed E-state index contributed by atoms with van der Waals surface area (Å²) in [7, 11) is -3.56. The van der Waals surface area contributed by atoms with Crippen molar-refractivity contribution in [2.24, 2.45) is 0 Å². The van der Waals surface area contributed by atoms with Crippen LogP contribution in [0.1, 0.15) is 26.3 Å². The number of nitrogens with zero attached hydrogens (tertiary/aromatic N) is 2. The predicted molar refractivity (Wildman–Crippen MR) is 111 cm³/mol. The molecule has 0 aliphatic carbocycles.